The molecule has 1 aromatic rings. The van der Waals surface area contributed by atoms with Crippen LogP contribution in [0.15, 0.2) is 16.3 Å². The molecule has 0 aromatic carbocycles. The minimum Gasteiger partial charge on any atom is -0.206 e. The predicted molar refractivity (Wildman–Crippen MR) is 57.3 cm³/mol. The summed E-state index contributed by atoms with van der Waals surface area (Å²) in [5, 5.41) is 0. The number of hydrogen-bond acceptors (Lipinski definition) is 3. The fraction of sp³-hybridized carbons (Fsp3) is 0.500. The highest BCUT2D eigenvalue weighted by Gasteiger charge is 2.35. The first-order chi connectivity index (χ1) is 6.51. The molecule has 1 aromatic heterocycles. The number of thiophene rings is 1. The van der Waals surface area contributed by atoms with Gasteiger partial charge in [0.05, 0.1) is 4.34 Å². The highest BCUT2D eigenvalue weighted by molar-refractivity contribution is 7.91. The fourth-order valence-corrected chi connectivity index (χ4v) is 4.30. The molecule has 1 aliphatic carbocycles. The van der Waals surface area contributed by atoms with Crippen LogP contribution >= 0.6 is 22.9 Å². The molecule has 0 unspecified atom stereocenters. The Balaban J connectivity index is 2.31. The van der Waals surface area contributed by atoms with E-state index >= 15 is 0 Å². The zero-order chi connectivity index (χ0) is 10.3. The molecule has 6 heteroatoms. The van der Waals surface area contributed by atoms with E-state index in [9.17, 15) is 8.42 Å². The Morgan fingerprint density at radius 2 is 2.14 bits per heavy atom. The van der Waals surface area contributed by atoms with Crippen LogP contribution in [0.3, 0.4) is 0 Å². The standard InChI is InChI=1S/C8H10ClNO2S2/c1-10(6-2-3-6)14(11,12)8-5-4-7(9)13-8/h4-6H,2-3H2,1H3. The lowest BCUT2D eigenvalue weighted by atomic mass is 10.7. The first-order valence-corrected chi connectivity index (χ1v) is 6.88. The Labute approximate surface area is 92.3 Å². The van der Waals surface area contributed by atoms with Crippen molar-refractivity contribution in [2.45, 2.75) is 23.1 Å². The van der Waals surface area contributed by atoms with E-state index in [0.29, 0.717) is 8.55 Å². The molecule has 0 N–H and O–H groups in total. The molecule has 0 bridgehead atoms. The summed E-state index contributed by atoms with van der Waals surface area (Å²) in [5.74, 6) is 0. The van der Waals surface area contributed by atoms with Gasteiger partial charge in [-0.2, -0.15) is 4.31 Å². The minimum atomic E-state index is -3.29. The van der Waals surface area contributed by atoms with Crippen LogP contribution in [-0.4, -0.2) is 25.8 Å². The molecule has 2 rings (SSSR count). The summed E-state index contributed by atoms with van der Waals surface area (Å²) >= 11 is 6.81. The quantitative estimate of drug-likeness (QED) is 0.826. The van der Waals surface area contributed by atoms with E-state index in [-0.39, 0.29) is 6.04 Å². The van der Waals surface area contributed by atoms with E-state index in [1.54, 1.807) is 19.2 Å². The number of hydrogen-bond donors (Lipinski definition) is 0. The Kier molecular flexibility index (Phi) is 2.59. The van der Waals surface area contributed by atoms with Crippen LogP contribution in [-0.2, 0) is 10.0 Å². The molecule has 1 fully saturated rings. The summed E-state index contributed by atoms with van der Waals surface area (Å²) in [7, 11) is -1.66. The first kappa shape index (κ1) is 10.4. The molecule has 0 radical (unpaired) electrons. The maximum atomic E-state index is 11.9. The molecule has 0 spiro atoms. The van der Waals surface area contributed by atoms with Crippen molar-refractivity contribution in [1.29, 1.82) is 0 Å². The van der Waals surface area contributed by atoms with Gasteiger partial charge in [0.15, 0.2) is 0 Å². The van der Waals surface area contributed by atoms with Crippen LogP contribution < -0.4 is 0 Å². The molecular formula is C8H10ClNO2S2. The Morgan fingerprint density at radius 1 is 1.50 bits per heavy atom. The van der Waals surface area contributed by atoms with Gasteiger partial charge in [0.1, 0.15) is 4.21 Å². The van der Waals surface area contributed by atoms with Crippen molar-refractivity contribution in [1.82, 2.24) is 4.31 Å². The van der Waals surface area contributed by atoms with Crippen molar-refractivity contribution in [3.05, 3.63) is 16.5 Å². The van der Waals surface area contributed by atoms with Crippen molar-refractivity contribution in [2.24, 2.45) is 0 Å². The summed E-state index contributed by atoms with van der Waals surface area (Å²) in [4.78, 5) is 0. The molecule has 1 heterocycles. The molecule has 14 heavy (non-hydrogen) atoms. The van der Waals surface area contributed by atoms with Gasteiger partial charge in [-0.3, -0.25) is 0 Å². The second kappa shape index (κ2) is 3.48. The number of halogens is 1. The van der Waals surface area contributed by atoms with Crippen molar-refractivity contribution in [3.63, 3.8) is 0 Å². The van der Waals surface area contributed by atoms with Crippen molar-refractivity contribution < 1.29 is 8.42 Å². The molecule has 0 amide bonds. The lowest BCUT2D eigenvalue weighted by Crippen LogP contribution is -2.28. The molecule has 0 atom stereocenters. The van der Waals surface area contributed by atoms with E-state index < -0.39 is 10.0 Å². The Bertz CT molecular complexity index is 436. The Morgan fingerprint density at radius 3 is 2.57 bits per heavy atom. The SMILES string of the molecule is CN(C1CC1)S(=O)(=O)c1ccc(Cl)s1. The second-order valence-electron chi connectivity index (χ2n) is 3.31. The monoisotopic (exact) mass is 251 g/mol. The van der Waals surface area contributed by atoms with Crippen LogP contribution in [0.4, 0.5) is 0 Å². The third-order valence-electron chi connectivity index (χ3n) is 2.24. The highest BCUT2D eigenvalue weighted by Crippen LogP contribution is 2.33. The number of rotatable bonds is 3. The van der Waals surface area contributed by atoms with Gasteiger partial charge in [-0.05, 0) is 25.0 Å². The van der Waals surface area contributed by atoms with Crippen LogP contribution in [0.1, 0.15) is 12.8 Å². The van der Waals surface area contributed by atoms with Crippen LogP contribution in [0, 0.1) is 0 Å². The summed E-state index contributed by atoms with van der Waals surface area (Å²) in [6, 6.07) is 3.36. The first-order valence-electron chi connectivity index (χ1n) is 4.25. The topological polar surface area (TPSA) is 37.4 Å². The zero-order valence-corrected chi connectivity index (χ0v) is 9.99. The number of sulfonamides is 1. The molecule has 78 valence electrons. The molecule has 0 aliphatic heterocycles. The van der Waals surface area contributed by atoms with E-state index in [4.69, 9.17) is 11.6 Å². The molecule has 1 aliphatic rings. The normalized spacial score (nSPS) is 17.6. The maximum absolute atomic E-state index is 11.9. The summed E-state index contributed by atoms with van der Waals surface area (Å²) < 4.78 is 26.1. The van der Waals surface area contributed by atoms with E-state index in [1.807, 2.05) is 0 Å². The van der Waals surface area contributed by atoms with Crippen molar-refractivity contribution >= 4 is 33.0 Å². The largest absolute Gasteiger partial charge is 0.252 e. The van der Waals surface area contributed by atoms with Gasteiger partial charge in [0.2, 0.25) is 0 Å². The van der Waals surface area contributed by atoms with Crippen LogP contribution in [0.25, 0.3) is 0 Å². The van der Waals surface area contributed by atoms with Gasteiger partial charge in [0.25, 0.3) is 10.0 Å². The molecule has 3 nitrogen and oxygen atoms in total. The van der Waals surface area contributed by atoms with E-state index in [0.717, 1.165) is 24.2 Å². The maximum Gasteiger partial charge on any atom is 0.252 e. The van der Waals surface area contributed by atoms with Gasteiger partial charge in [-0.15, -0.1) is 11.3 Å². The predicted octanol–water partition coefficient (Wildman–Crippen LogP) is 2.18. The lowest BCUT2D eigenvalue weighted by molar-refractivity contribution is 0.466. The number of nitrogens with zero attached hydrogens (tertiary/aromatic N) is 1. The average molecular weight is 252 g/mol. The fourth-order valence-electron chi connectivity index (χ4n) is 1.21. The summed E-state index contributed by atoms with van der Waals surface area (Å²) in [6.07, 6.45) is 1.93. The third kappa shape index (κ3) is 1.82. The van der Waals surface area contributed by atoms with E-state index in [2.05, 4.69) is 0 Å². The molecular weight excluding hydrogens is 242 g/mol. The summed E-state index contributed by atoms with van der Waals surface area (Å²) in [6.45, 7) is 0. The van der Waals surface area contributed by atoms with Gasteiger partial charge in [0, 0.05) is 13.1 Å². The second-order valence-corrected chi connectivity index (χ2v) is 7.25. The smallest absolute Gasteiger partial charge is 0.206 e. The minimum absolute atomic E-state index is 0.195. The van der Waals surface area contributed by atoms with Crippen LogP contribution in [0.2, 0.25) is 4.34 Å². The zero-order valence-electron chi connectivity index (χ0n) is 7.60. The summed E-state index contributed by atoms with van der Waals surface area (Å²) in [5.41, 5.74) is 0. The Hall–Kier alpha value is -0.100. The molecule has 1 saturated carbocycles. The van der Waals surface area contributed by atoms with E-state index in [1.165, 1.54) is 4.31 Å². The average Bonchev–Trinajstić information content (AvgIpc) is 2.87. The van der Waals surface area contributed by atoms with Crippen molar-refractivity contribution in [3.8, 4) is 0 Å². The molecule has 0 saturated heterocycles. The van der Waals surface area contributed by atoms with Gasteiger partial charge in [-0.25, -0.2) is 8.42 Å². The van der Waals surface area contributed by atoms with Gasteiger partial charge >= 0.3 is 0 Å². The van der Waals surface area contributed by atoms with Crippen LogP contribution in [0.5, 0.6) is 0 Å². The lowest BCUT2D eigenvalue weighted by Gasteiger charge is -2.14. The van der Waals surface area contributed by atoms with Gasteiger partial charge in [-0.1, -0.05) is 11.6 Å². The third-order valence-corrected chi connectivity index (χ3v) is 5.85. The van der Waals surface area contributed by atoms with Crippen molar-refractivity contribution in [2.75, 3.05) is 7.05 Å². The highest BCUT2D eigenvalue weighted by atomic mass is 35.5. The van der Waals surface area contributed by atoms with Gasteiger partial charge < -0.3 is 0 Å².